The van der Waals surface area contributed by atoms with Gasteiger partial charge in [0.2, 0.25) is 11.8 Å². The Morgan fingerprint density at radius 2 is 1.26 bits per heavy atom. The largest absolute Gasteiger partial charge is 0.416 e. The van der Waals surface area contributed by atoms with E-state index in [1.54, 1.807) is 0 Å². The minimum Gasteiger partial charge on any atom is -0.416 e. The van der Waals surface area contributed by atoms with Crippen LogP contribution in [0.25, 0.3) is 0 Å². The third-order valence-electron chi connectivity index (χ3n) is 9.06. The molecule has 0 rings (SSSR count). The van der Waals surface area contributed by atoms with Crippen LogP contribution >= 0.6 is 23.5 Å². The van der Waals surface area contributed by atoms with Crippen molar-refractivity contribution in [3.8, 4) is 0 Å². The van der Waals surface area contributed by atoms with Gasteiger partial charge in [0.1, 0.15) is 6.10 Å². The Balaban J connectivity index is 4.49. The quantitative estimate of drug-likeness (QED) is 0.0428. The zero-order valence-corrected chi connectivity index (χ0v) is 35.2. The van der Waals surface area contributed by atoms with E-state index < -0.39 is 28.2 Å². The Labute approximate surface area is 293 Å². The summed E-state index contributed by atoms with van der Waals surface area (Å²) in [6.45, 7) is 31.7. The minimum absolute atomic E-state index is 0.0471. The van der Waals surface area contributed by atoms with Crippen LogP contribution in [0.4, 0.5) is 0 Å². The summed E-state index contributed by atoms with van der Waals surface area (Å²) in [5.74, 6) is 1.71. The third-order valence-corrected chi connectivity index (χ3v) is 20.3. The molecular weight excluding hydrogens is 653 g/mol. The molecule has 0 aromatic rings. The Kier molecular flexibility index (Phi) is 22.5. The average molecular weight is 725 g/mol. The maximum absolute atomic E-state index is 13.6. The summed E-state index contributed by atoms with van der Waals surface area (Å²) < 4.78 is 13.3. The van der Waals surface area contributed by atoms with Crippen LogP contribution < -0.4 is 21.3 Å². The Bertz CT molecular complexity index is 853. The lowest BCUT2D eigenvalue weighted by Gasteiger charge is -2.45. The van der Waals surface area contributed by atoms with Gasteiger partial charge < -0.3 is 35.2 Å². The molecule has 0 aliphatic carbocycles. The molecule has 1 atom stereocenters. The van der Waals surface area contributed by atoms with Gasteiger partial charge in [0.25, 0.3) is 0 Å². The van der Waals surface area contributed by atoms with Gasteiger partial charge in [0, 0.05) is 61.3 Å². The summed E-state index contributed by atoms with van der Waals surface area (Å²) in [6.07, 6.45) is 2.58. The number of thioether (sulfide) groups is 2. The van der Waals surface area contributed by atoms with Gasteiger partial charge in [-0.15, -0.1) is 23.5 Å². The van der Waals surface area contributed by atoms with E-state index in [0.29, 0.717) is 13.2 Å². The van der Waals surface area contributed by atoms with Crippen LogP contribution in [-0.4, -0.2) is 109 Å². The topological polar surface area (TPSA) is 121 Å². The van der Waals surface area contributed by atoms with Crippen LogP contribution in [0.5, 0.6) is 0 Å². The fourth-order valence-electron chi connectivity index (χ4n) is 3.71. The van der Waals surface area contributed by atoms with Crippen molar-refractivity contribution in [3.05, 3.63) is 0 Å². The summed E-state index contributed by atoms with van der Waals surface area (Å²) in [6, 6.07) is 0. The Hall–Kier alpha value is -0.126. The summed E-state index contributed by atoms with van der Waals surface area (Å²) >= 11 is 3.73. The Morgan fingerprint density at radius 3 is 1.83 bits per heavy atom. The van der Waals surface area contributed by atoms with E-state index in [9.17, 15) is 9.59 Å². The fourth-order valence-corrected chi connectivity index (χ4v) is 8.20. The minimum atomic E-state index is -2.26. The van der Waals surface area contributed by atoms with Crippen molar-refractivity contribution in [3.63, 3.8) is 0 Å². The number of carbonyl (C=O) groups is 2. The lowest BCUT2D eigenvalue weighted by Crippen LogP contribution is -2.56. The van der Waals surface area contributed by atoms with Gasteiger partial charge in [0.05, 0.1) is 0 Å². The second kappa shape index (κ2) is 22.6. The molecule has 2 amide bonds. The summed E-state index contributed by atoms with van der Waals surface area (Å²) in [7, 11) is -4.27. The molecule has 0 saturated carbocycles. The smallest absolute Gasteiger partial charge is 0.248 e. The second-order valence-corrected chi connectivity index (χ2v) is 28.0. The van der Waals surface area contributed by atoms with Gasteiger partial charge in [-0.1, -0.05) is 55.4 Å². The number of carbonyl (C=O) groups excluding carboxylic acids is 2. The van der Waals surface area contributed by atoms with Crippen molar-refractivity contribution < 1.29 is 23.5 Å². The van der Waals surface area contributed by atoms with Crippen molar-refractivity contribution in [1.29, 1.82) is 0 Å². The summed E-state index contributed by atoms with van der Waals surface area (Å²) in [4.78, 5) is 26.1. The van der Waals surface area contributed by atoms with E-state index in [0.717, 1.165) is 62.0 Å². The highest BCUT2D eigenvalue weighted by Gasteiger charge is 2.47. The van der Waals surface area contributed by atoms with Gasteiger partial charge in [0.15, 0.2) is 16.6 Å². The van der Waals surface area contributed by atoms with Gasteiger partial charge in [-0.05, 0) is 75.2 Å². The molecule has 0 aromatic carbocycles. The predicted molar refractivity (Wildman–Crippen MR) is 206 cm³/mol. The van der Waals surface area contributed by atoms with Crippen LogP contribution in [0.3, 0.4) is 0 Å². The molecule has 0 bridgehead atoms. The molecule has 5 N–H and O–H groups in total. The Morgan fingerprint density at radius 1 is 0.717 bits per heavy atom. The molecule has 0 saturated heterocycles. The number of hydrogen-bond donors (Lipinski definition) is 5. The number of amides is 2. The number of unbranched alkanes of at least 4 members (excludes halogenated alkanes) is 1. The predicted octanol–water partition coefficient (Wildman–Crippen LogP) is 5.81. The molecule has 0 radical (unpaired) electrons. The van der Waals surface area contributed by atoms with E-state index in [2.05, 4.69) is 103 Å². The summed E-state index contributed by atoms with van der Waals surface area (Å²) in [5, 5.41) is 22.7. The molecule has 0 aliphatic heterocycles. The number of hydrogen-bond acceptors (Lipinski definition) is 9. The summed E-state index contributed by atoms with van der Waals surface area (Å²) in [5.41, 5.74) is -0.540. The SMILES string of the molecule is CC(C)(CO[Si](C)(C)C(C)(C)C)[C@@H](O[Si](C)(C)C(C)(C)C)C(=O)NCCC(=O)NCCSCSCCNCCCNCCCCO. The normalized spacial score (nSPS) is 13.9. The van der Waals surface area contributed by atoms with Crippen molar-refractivity contribution in [2.75, 3.05) is 69.1 Å². The molecule has 0 spiro atoms. The number of nitrogens with one attached hydrogen (secondary N) is 4. The molecule has 0 fully saturated rings. The lowest BCUT2D eigenvalue weighted by atomic mass is 9.87. The monoisotopic (exact) mass is 724 g/mol. The first kappa shape index (κ1) is 45.9. The standard InChI is InChI=1S/C33H72N4O5S2Si2/c1-31(2,3)45(9,10)41-26-33(7,8)29(42-46(11,12)32(4,5)6)30(40)37-20-16-28(39)36-22-25-44-27-43-24-21-35-19-15-18-34-17-13-14-23-38/h29,34-35,38H,13-27H2,1-12H3,(H,36,39)(H,37,40)/t29-/m0/s1. The molecule has 0 unspecified atom stereocenters. The van der Waals surface area contributed by atoms with E-state index in [1.165, 1.54) is 0 Å². The maximum atomic E-state index is 13.6. The first-order valence-electron chi connectivity index (χ1n) is 17.2. The van der Waals surface area contributed by atoms with Crippen molar-refractivity contribution in [2.45, 2.75) is 123 Å². The molecule has 0 aliphatic rings. The number of aliphatic hydroxyl groups is 1. The van der Waals surface area contributed by atoms with Crippen LogP contribution in [0.1, 0.15) is 81.1 Å². The highest BCUT2D eigenvalue weighted by atomic mass is 32.2. The number of rotatable bonds is 26. The van der Waals surface area contributed by atoms with Crippen LogP contribution in [0.15, 0.2) is 0 Å². The average Bonchev–Trinajstić information content (AvgIpc) is 2.93. The fraction of sp³-hybridized carbons (Fsp3) is 0.939. The van der Waals surface area contributed by atoms with Crippen molar-refractivity contribution in [1.82, 2.24) is 21.3 Å². The first-order chi connectivity index (χ1) is 21.2. The van der Waals surface area contributed by atoms with E-state index >= 15 is 0 Å². The van der Waals surface area contributed by atoms with Gasteiger partial charge in [-0.2, -0.15) is 0 Å². The molecule has 0 aromatic heterocycles. The number of aliphatic hydroxyl groups excluding tert-OH is 1. The van der Waals surface area contributed by atoms with Crippen LogP contribution in [-0.2, 0) is 18.4 Å². The van der Waals surface area contributed by atoms with Crippen molar-refractivity contribution >= 4 is 52.0 Å². The zero-order chi connectivity index (χ0) is 35.5. The van der Waals surface area contributed by atoms with Gasteiger partial charge in [-0.3, -0.25) is 9.59 Å². The molecule has 0 heterocycles. The van der Waals surface area contributed by atoms with E-state index in [4.69, 9.17) is 14.0 Å². The third kappa shape index (κ3) is 19.8. The molecular formula is C33H72N4O5S2Si2. The maximum Gasteiger partial charge on any atom is 0.248 e. The highest BCUT2D eigenvalue weighted by Crippen LogP contribution is 2.41. The van der Waals surface area contributed by atoms with E-state index in [-0.39, 0.29) is 41.5 Å². The van der Waals surface area contributed by atoms with Crippen molar-refractivity contribution in [2.24, 2.45) is 5.41 Å². The lowest BCUT2D eigenvalue weighted by molar-refractivity contribution is -0.135. The molecule has 13 heteroatoms. The van der Waals surface area contributed by atoms with Crippen LogP contribution in [0, 0.1) is 5.41 Å². The zero-order valence-electron chi connectivity index (χ0n) is 31.6. The molecule has 274 valence electrons. The van der Waals surface area contributed by atoms with Gasteiger partial charge in [-0.25, -0.2) is 0 Å². The highest BCUT2D eigenvalue weighted by molar-refractivity contribution is 8.16. The van der Waals surface area contributed by atoms with Crippen LogP contribution in [0.2, 0.25) is 36.3 Å². The van der Waals surface area contributed by atoms with Gasteiger partial charge >= 0.3 is 0 Å². The molecule has 9 nitrogen and oxygen atoms in total. The van der Waals surface area contributed by atoms with E-state index in [1.807, 2.05) is 23.5 Å². The first-order valence-corrected chi connectivity index (χ1v) is 25.3. The second-order valence-electron chi connectivity index (χ2n) is 15.9. The molecule has 46 heavy (non-hydrogen) atoms.